The second-order valence-electron chi connectivity index (χ2n) is 12.2. The van der Waals surface area contributed by atoms with Crippen LogP contribution in [0.2, 0.25) is 0 Å². The molecule has 1 aromatic rings. The first-order valence-electron chi connectivity index (χ1n) is 13.6. The number of benzene rings is 1. The number of para-hydroxylation sites is 1. The predicted octanol–water partition coefficient (Wildman–Crippen LogP) is 3.03. The molecule has 2 aliphatic carbocycles. The molecule has 5 fully saturated rings. The molecule has 2 amide bonds. The number of nitrogens with zero attached hydrogens (tertiary/aromatic N) is 3. The molecule has 0 spiro atoms. The monoisotopic (exact) mass is 468 g/mol. The first-order chi connectivity index (χ1) is 16.3. The Morgan fingerprint density at radius 3 is 2.06 bits per heavy atom. The molecule has 1 N–H and O–H groups in total. The Kier molecular flexibility index (Phi) is 6.49. The van der Waals surface area contributed by atoms with Crippen LogP contribution in [0.15, 0.2) is 30.3 Å². The fourth-order valence-electron chi connectivity index (χ4n) is 7.72. The number of fused-ring (bicyclic) bond motifs is 5. The molecule has 1 aromatic carbocycles. The van der Waals surface area contributed by atoms with E-state index >= 15 is 0 Å². The number of hydrogen-bond acceptors (Lipinski definition) is 2. The van der Waals surface area contributed by atoms with Crippen LogP contribution in [0.5, 0.6) is 0 Å². The minimum Gasteiger partial charge on any atom is -0.348 e. The lowest BCUT2D eigenvalue weighted by molar-refractivity contribution is -1.07. The maximum atomic E-state index is 13.4. The van der Waals surface area contributed by atoms with E-state index in [4.69, 9.17) is 0 Å². The summed E-state index contributed by atoms with van der Waals surface area (Å²) in [6.07, 6.45) is 5.48. The van der Waals surface area contributed by atoms with E-state index in [0.717, 1.165) is 65.8 Å². The summed E-state index contributed by atoms with van der Waals surface area (Å²) in [4.78, 5) is 28.4. The van der Waals surface area contributed by atoms with Gasteiger partial charge in [0.15, 0.2) is 13.1 Å². The third kappa shape index (κ3) is 4.64. The van der Waals surface area contributed by atoms with Crippen LogP contribution in [0.1, 0.15) is 46.5 Å². The van der Waals surface area contributed by atoms with Gasteiger partial charge >= 0.3 is 0 Å². The van der Waals surface area contributed by atoms with Gasteiger partial charge in [-0.05, 0) is 69.9 Å². The molecule has 3 heterocycles. The molecule has 2 saturated carbocycles. The largest absolute Gasteiger partial charge is 0.348 e. The second-order valence-corrected chi connectivity index (χ2v) is 12.2. The molecule has 0 radical (unpaired) electrons. The van der Waals surface area contributed by atoms with Gasteiger partial charge in [-0.2, -0.15) is 0 Å². The van der Waals surface area contributed by atoms with Crippen molar-refractivity contribution in [3.63, 3.8) is 0 Å². The topological polar surface area (TPSA) is 49.4 Å². The van der Waals surface area contributed by atoms with Gasteiger partial charge in [0.2, 0.25) is 0 Å². The highest BCUT2D eigenvalue weighted by Gasteiger charge is 2.51. The molecule has 5 aliphatic rings. The molecular formula is C28H44N4O2+2. The SMILES string of the molecule is CC(C)N(C(=O)C[N+]12CC[N+](CC(=O)N[C@@H](C)[C@@H]3C[C@@H]4CC[C@H]3C4)(CC1)CC2)c1ccccc1. The molecule has 0 unspecified atom stereocenters. The van der Waals surface area contributed by atoms with Crippen LogP contribution in [0, 0.1) is 17.8 Å². The van der Waals surface area contributed by atoms with Crippen molar-refractivity contribution in [2.75, 3.05) is 57.3 Å². The summed E-state index contributed by atoms with van der Waals surface area (Å²) in [7, 11) is 0. The van der Waals surface area contributed by atoms with Gasteiger partial charge in [0.25, 0.3) is 11.8 Å². The van der Waals surface area contributed by atoms with Crippen molar-refractivity contribution in [1.29, 1.82) is 0 Å². The fourth-order valence-corrected chi connectivity index (χ4v) is 7.72. The lowest BCUT2D eigenvalue weighted by atomic mass is 9.84. The Morgan fingerprint density at radius 1 is 0.912 bits per heavy atom. The Labute approximate surface area is 205 Å². The second kappa shape index (κ2) is 9.27. The molecule has 4 bridgehead atoms. The number of piperazine rings is 3. The van der Waals surface area contributed by atoms with Crippen molar-refractivity contribution >= 4 is 17.5 Å². The van der Waals surface area contributed by atoms with Crippen LogP contribution < -0.4 is 10.2 Å². The highest BCUT2D eigenvalue weighted by atomic mass is 16.2. The van der Waals surface area contributed by atoms with Gasteiger partial charge in [0.1, 0.15) is 39.3 Å². The van der Waals surface area contributed by atoms with E-state index in [9.17, 15) is 9.59 Å². The van der Waals surface area contributed by atoms with Gasteiger partial charge in [-0.25, -0.2) is 0 Å². The Morgan fingerprint density at radius 2 is 1.53 bits per heavy atom. The Bertz CT molecular complexity index is 876. The maximum absolute atomic E-state index is 13.4. The summed E-state index contributed by atoms with van der Waals surface area (Å²) in [5, 5.41) is 3.40. The third-order valence-corrected chi connectivity index (χ3v) is 9.74. The van der Waals surface area contributed by atoms with Crippen LogP contribution in [0.4, 0.5) is 5.69 Å². The molecular weight excluding hydrogens is 424 g/mol. The molecule has 4 atom stereocenters. The molecule has 3 aliphatic heterocycles. The van der Waals surface area contributed by atoms with E-state index in [2.05, 4.69) is 26.1 Å². The van der Waals surface area contributed by atoms with Crippen molar-refractivity contribution < 1.29 is 18.6 Å². The van der Waals surface area contributed by atoms with Crippen molar-refractivity contribution in [2.45, 2.75) is 58.5 Å². The zero-order valence-corrected chi connectivity index (χ0v) is 21.4. The van der Waals surface area contributed by atoms with E-state index < -0.39 is 0 Å². The summed E-state index contributed by atoms with van der Waals surface area (Å²) in [5.41, 5.74) is 0.987. The molecule has 186 valence electrons. The molecule has 6 nitrogen and oxygen atoms in total. The van der Waals surface area contributed by atoms with E-state index in [-0.39, 0.29) is 17.9 Å². The van der Waals surface area contributed by atoms with Crippen molar-refractivity contribution in [3.8, 4) is 0 Å². The normalized spacial score (nSPS) is 34.9. The summed E-state index contributed by atoms with van der Waals surface area (Å²) in [6, 6.07) is 10.5. The zero-order valence-electron chi connectivity index (χ0n) is 21.4. The average Bonchev–Trinajstić information content (AvgIpc) is 3.45. The molecule has 6 heteroatoms. The lowest BCUT2D eigenvalue weighted by Gasteiger charge is -2.55. The van der Waals surface area contributed by atoms with Crippen LogP contribution in [0.25, 0.3) is 0 Å². The summed E-state index contributed by atoms with van der Waals surface area (Å²) >= 11 is 0. The first kappa shape index (κ1) is 23.8. The van der Waals surface area contributed by atoms with E-state index in [1.807, 2.05) is 35.2 Å². The van der Waals surface area contributed by atoms with Crippen molar-refractivity contribution in [2.24, 2.45) is 17.8 Å². The summed E-state index contributed by atoms with van der Waals surface area (Å²) < 4.78 is 1.80. The zero-order chi connectivity index (χ0) is 23.9. The number of anilines is 1. The smallest absolute Gasteiger partial charge is 0.282 e. The molecule has 0 aromatic heterocycles. The minimum absolute atomic E-state index is 0.137. The van der Waals surface area contributed by atoms with Crippen LogP contribution in [0.3, 0.4) is 0 Å². The quantitative estimate of drug-likeness (QED) is 0.597. The maximum Gasteiger partial charge on any atom is 0.282 e. The highest BCUT2D eigenvalue weighted by Crippen LogP contribution is 2.49. The number of amides is 2. The number of rotatable bonds is 8. The first-order valence-corrected chi connectivity index (χ1v) is 13.6. The standard InChI is InChI=1S/C28H43N4O2/c1-21(2)30(25-7-5-4-6-8-25)28(34)20-32-14-11-31(12-15-32,13-16-32)19-27(33)29-22(3)26-18-23-9-10-24(26)17-23/h4-8,21-24,26H,9-20H2,1-3H3/q+1/p+1/t22-,23+,24-,26-,31?,32?/m0/s1. The summed E-state index contributed by atoms with van der Waals surface area (Å²) in [6.45, 7) is 13.6. The summed E-state index contributed by atoms with van der Waals surface area (Å²) in [5.74, 6) is 2.91. The van der Waals surface area contributed by atoms with Gasteiger partial charge in [-0.3, -0.25) is 9.59 Å². The number of quaternary nitrogens is 2. The van der Waals surface area contributed by atoms with Gasteiger partial charge in [-0.15, -0.1) is 0 Å². The highest BCUT2D eigenvalue weighted by molar-refractivity contribution is 5.94. The number of nitrogens with one attached hydrogen (secondary N) is 1. The predicted molar refractivity (Wildman–Crippen MR) is 135 cm³/mol. The lowest BCUT2D eigenvalue weighted by Crippen LogP contribution is -2.77. The number of carbonyl (C=O) groups excluding carboxylic acids is 2. The van der Waals surface area contributed by atoms with E-state index in [1.54, 1.807) is 0 Å². The number of carbonyl (C=O) groups is 2. The minimum atomic E-state index is 0.137. The van der Waals surface area contributed by atoms with E-state index in [1.165, 1.54) is 25.7 Å². The van der Waals surface area contributed by atoms with Gasteiger partial charge in [0, 0.05) is 17.8 Å². The Hall–Kier alpha value is -1.92. The van der Waals surface area contributed by atoms with Crippen LogP contribution >= 0.6 is 0 Å². The van der Waals surface area contributed by atoms with Gasteiger partial charge in [-0.1, -0.05) is 24.6 Å². The van der Waals surface area contributed by atoms with Gasteiger partial charge < -0.3 is 19.2 Å². The van der Waals surface area contributed by atoms with Crippen molar-refractivity contribution in [3.05, 3.63) is 30.3 Å². The number of hydrogen-bond donors (Lipinski definition) is 1. The molecule has 34 heavy (non-hydrogen) atoms. The third-order valence-electron chi connectivity index (χ3n) is 9.74. The van der Waals surface area contributed by atoms with Crippen LogP contribution in [-0.4, -0.2) is 85.2 Å². The molecule has 6 rings (SSSR count). The van der Waals surface area contributed by atoms with Crippen molar-refractivity contribution in [1.82, 2.24) is 5.32 Å². The van der Waals surface area contributed by atoms with Gasteiger partial charge in [0.05, 0.1) is 0 Å². The van der Waals surface area contributed by atoms with Crippen LogP contribution in [-0.2, 0) is 9.59 Å². The molecule has 3 saturated heterocycles. The van der Waals surface area contributed by atoms with E-state index in [0.29, 0.717) is 25.0 Å². The Balaban J connectivity index is 1.15. The fraction of sp³-hybridized carbons (Fsp3) is 0.714. The average molecular weight is 469 g/mol.